The molecule has 1 heterocycles. The summed E-state index contributed by atoms with van der Waals surface area (Å²) in [5.74, 6) is 0.597. The molecule has 0 N–H and O–H groups in total. The Morgan fingerprint density at radius 1 is 1.14 bits per heavy atom. The summed E-state index contributed by atoms with van der Waals surface area (Å²) in [6.45, 7) is 3.57. The van der Waals surface area contributed by atoms with Crippen LogP contribution < -0.4 is 0 Å². The lowest BCUT2D eigenvalue weighted by atomic mass is 10.2. The molecule has 0 aromatic heterocycles. The summed E-state index contributed by atoms with van der Waals surface area (Å²) in [6, 6.07) is 0. The Kier molecular flexibility index (Phi) is 6.41. The minimum Gasteiger partial charge on any atom is -0.341 e. The van der Waals surface area contributed by atoms with Gasteiger partial charge in [0.05, 0.1) is 5.25 Å². The Hall–Kier alpha value is -0.230. The van der Waals surface area contributed by atoms with E-state index in [4.69, 9.17) is 0 Å². The lowest BCUT2D eigenvalue weighted by Gasteiger charge is -2.24. The molecular weight excluding hydrogens is 306 g/mol. The van der Waals surface area contributed by atoms with Crippen LogP contribution in [0.3, 0.4) is 0 Å². The molecule has 1 aliphatic carbocycles. The van der Waals surface area contributed by atoms with Gasteiger partial charge >= 0.3 is 0 Å². The number of carbonyl (C=O) groups is 1. The normalized spacial score (nSPS) is 25.0. The molecule has 0 radical (unpaired) electrons. The van der Waals surface area contributed by atoms with Crippen LogP contribution in [0.2, 0.25) is 0 Å². The topological polar surface area (TPSA) is 54.5 Å². The highest BCUT2D eigenvalue weighted by Gasteiger charge is 2.33. The van der Waals surface area contributed by atoms with Gasteiger partial charge in [0, 0.05) is 18.3 Å². The SMILES string of the molecule is CCS[C@@H]1CCCCN(C(=O)CS(=O)(=O)C2CCCC2)C1. The second-order valence-corrected chi connectivity index (χ2v) is 9.98. The highest BCUT2D eigenvalue weighted by molar-refractivity contribution is 7.99. The predicted octanol–water partition coefficient (Wildman–Crippen LogP) is 2.48. The fraction of sp³-hybridized carbons (Fsp3) is 0.933. The first-order valence-corrected chi connectivity index (χ1v) is 10.9. The van der Waals surface area contributed by atoms with E-state index in [1.54, 1.807) is 4.90 Å². The van der Waals surface area contributed by atoms with E-state index in [2.05, 4.69) is 6.92 Å². The number of carbonyl (C=O) groups excluding carboxylic acids is 1. The molecule has 4 nitrogen and oxygen atoms in total. The average molecular weight is 334 g/mol. The third-order valence-electron chi connectivity index (χ3n) is 4.52. The first kappa shape index (κ1) is 17.1. The molecule has 21 heavy (non-hydrogen) atoms. The van der Waals surface area contributed by atoms with Gasteiger partial charge in [-0.2, -0.15) is 11.8 Å². The van der Waals surface area contributed by atoms with Crippen molar-refractivity contribution in [3.05, 3.63) is 0 Å². The van der Waals surface area contributed by atoms with E-state index in [1.165, 1.54) is 0 Å². The third kappa shape index (κ3) is 4.88. The van der Waals surface area contributed by atoms with Gasteiger partial charge in [0.25, 0.3) is 0 Å². The molecule has 0 spiro atoms. The monoisotopic (exact) mass is 333 g/mol. The maximum Gasteiger partial charge on any atom is 0.237 e. The van der Waals surface area contributed by atoms with Crippen molar-refractivity contribution in [2.24, 2.45) is 0 Å². The van der Waals surface area contributed by atoms with E-state index in [1.807, 2.05) is 11.8 Å². The van der Waals surface area contributed by atoms with Crippen molar-refractivity contribution in [2.45, 2.75) is 62.4 Å². The average Bonchev–Trinajstić information content (AvgIpc) is 2.87. The Morgan fingerprint density at radius 2 is 1.81 bits per heavy atom. The second-order valence-electron chi connectivity index (χ2n) is 6.13. The minimum atomic E-state index is -3.25. The van der Waals surface area contributed by atoms with Crippen LogP contribution in [0.25, 0.3) is 0 Å². The van der Waals surface area contributed by atoms with E-state index in [9.17, 15) is 13.2 Å². The van der Waals surface area contributed by atoms with Crippen LogP contribution in [0.1, 0.15) is 51.9 Å². The number of likely N-dealkylation sites (tertiary alicyclic amines) is 1. The molecule has 0 bridgehead atoms. The van der Waals surface area contributed by atoms with Crippen LogP contribution in [-0.4, -0.2) is 54.3 Å². The fourth-order valence-corrected chi connectivity index (χ4v) is 6.23. The van der Waals surface area contributed by atoms with Crippen molar-refractivity contribution < 1.29 is 13.2 Å². The van der Waals surface area contributed by atoms with Crippen LogP contribution in [-0.2, 0) is 14.6 Å². The molecule has 2 aliphatic rings. The molecule has 0 aromatic rings. The van der Waals surface area contributed by atoms with Crippen molar-refractivity contribution in [2.75, 3.05) is 24.6 Å². The molecule has 2 rings (SSSR count). The molecule has 122 valence electrons. The zero-order valence-corrected chi connectivity index (χ0v) is 14.6. The van der Waals surface area contributed by atoms with Gasteiger partial charge in [0.2, 0.25) is 5.91 Å². The summed E-state index contributed by atoms with van der Waals surface area (Å²) < 4.78 is 24.7. The minimum absolute atomic E-state index is 0.175. The molecule has 1 saturated heterocycles. The van der Waals surface area contributed by atoms with Crippen molar-refractivity contribution >= 4 is 27.5 Å². The summed E-state index contributed by atoms with van der Waals surface area (Å²) in [5, 5.41) is 0.199. The van der Waals surface area contributed by atoms with Crippen molar-refractivity contribution in [3.8, 4) is 0 Å². The molecule has 1 atom stereocenters. The Labute approximate surface area is 133 Å². The van der Waals surface area contributed by atoms with Crippen molar-refractivity contribution in [1.29, 1.82) is 0 Å². The van der Waals surface area contributed by atoms with E-state index in [-0.39, 0.29) is 16.9 Å². The summed E-state index contributed by atoms with van der Waals surface area (Å²) in [4.78, 5) is 14.2. The quantitative estimate of drug-likeness (QED) is 0.775. The molecule has 0 unspecified atom stereocenters. The summed E-state index contributed by atoms with van der Waals surface area (Å²) in [5.41, 5.74) is 0. The van der Waals surface area contributed by atoms with E-state index >= 15 is 0 Å². The van der Waals surface area contributed by atoms with E-state index < -0.39 is 9.84 Å². The van der Waals surface area contributed by atoms with Gasteiger partial charge in [0.15, 0.2) is 9.84 Å². The number of hydrogen-bond donors (Lipinski definition) is 0. The van der Waals surface area contributed by atoms with Gasteiger partial charge in [-0.05, 0) is 31.4 Å². The van der Waals surface area contributed by atoms with Crippen LogP contribution >= 0.6 is 11.8 Å². The molecule has 2 fully saturated rings. The molecule has 1 aliphatic heterocycles. The highest BCUT2D eigenvalue weighted by Crippen LogP contribution is 2.26. The zero-order chi connectivity index (χ0) is 15.3. The third-order valence-corrected chi connectivity index (χ3v) is 7.84. The van der Waals surface area contributed by atoms with E-state index in [0.29, 0.717) is 5.25 Å². The summed E-state index contributed by atoms with van der Waals surface area (Å²) >= 11 is 1.89. The molecule has 1 saturated carbocycles. The molecule has 1 amide bonds. The molecule has 6 heteroatoms. The Balaban J connectivity index is 1.94. The van der Waals surface area contributed by atoms with E-state index in [0.717, 1.165) is 63.8 Å². The first-order chi connectivity index (χ1) is 10.0. The van der Waals surface area contributed by atoms with Crippen molar-refractivity contribution in [3.63, 3.8) is 0 Å². The number of thioether (sulfide) groups is 1. The molecule has 0 aromatic carbocycles. The second kappa shape index (κ2) is 7.86. The number of rotatable bonds is 5. The van der Waals surface area contributed by atoms with Gasteiger partial charge in [-0.15, -0.1) is 0 Å². The Bertz CT molecular complexity index is 444. The van der Waals surface area contributed by atoms with Crippen LogP contribution in [0, 0.1) is 0 Å². The summed E-state index contributed by atoms with van der Waals surface area (Å²) in [6.07, 6.45) is 6.71. The van der Waals surface area contributed by atoms with Crippen molar-refractivity contribution in [1.82, 2.24) is 4.90 Å². The number of hydrogen-bond acceptors (Lipinski definition) is 4. The lowest BCUT2D eigenvalue weighted by Crippen LogP contribution is -2.40. The van der Waals surface area contributed by atoms with Gasteiger partial charge in [-0.1, -0.05) is 26.2 Å². The fourth-order valence-electron chi connectivity index (χ4n) is 3.33. The van der Waals surface area contributed by atoms with Crippen LogP contribution in [0.5, 0.6) is 0 Å². The van der Waals surface area contributed by atoms with Gasteiger partial charge in [-0.25, -0.2) is 8.42 Å². The zero-order valence-electron chi connectivity index (χ0n) is 12.9. The number of nitrogens with zero attached hydrogens (tertiary/aromatic N) is 1. The van der Waals surface area contributed by atoms with Crippen LogP contribution in [0.15, 0.2) is 0 Å². The smallest absolute Gasteiger partial charge is 0.237 e. The maximum atomic E-state index is 12.4. The maximum absolute atomic E-state index is 12.4. The molecular formula is C15H27NO3S2. The number of sulfone groups is 1. The summed E-state index contributed by atoms with van der Waals surface area (Å²) in [7, 11) is -3.25. The van der Waals surface area contributed by atoms with Gasteiger partial charge in [-0.3, -0.25) is 4.79 Å². The number of amides is 1. The highest BCUT2D eigenvalue weighted by atomic mass is 32.2. The largest absolute Gasteiger partial charge is 0.341 e. The predicted molar refractivity (Wildman–Crippen MR) is 88.4 cm³/mol. The first-order valence-electron chi connectivity index (χ1n) is 8.14. The Morgan fingerprint density at radius 3 is 2.48 bits per heavy atom. The lowest BCUT2D eigenvalue weighted by molar-refractivity contribution is -0.128. The standard InChI is InChI=1S/C15H27NO3S2/c1-2-20-13-7-5-6-10-16(11-13)15(17)12-21(18,19)14-8-3-4-9-14/h13-14H,2-12H2,1H3/t13-/m1/s1. The van der Waals surface area contributed by atoms with Gasteiger partial charge in [0.1, 0.15) is 5.75 Å². The van der Waals surface area contributed by atoms with Crippen LogP contribution in [0.4, 0.5) is 0 Å². The van der Waals surface area contributed by atoms with Gasteiger partial charge < -0.3 is 4.90 Å².